The Morgan fingerprint density at radius 3 is 2.53 bits per heavy atom. The number of rotatable bonds is 2. The van der Waals surface area contributed by atoms with Crippen molar-refractivity contribution in [2.75, 3.05) is 0 Å². The SMILES string of the molecule is CC1CCC(C(O)c2ccccc2Br)CC1C. The van der Waals surface area contributed by atoms with E-state index in [0.717, 1.165) is 34.7 Å². The van der Waals surface area contributed by atoms with Gasteiger partial charge in [0.05, 0.1) is 6.10 Å². The first kappa shape index (κ1) is 13.1. The summed E-state index contributed by atoms with van der Waals surface area (Å²) in [6.07, 6.45) is 3.21. The van der Waals surface area contributed by atoms with E-state index in [9.17, 15) is 5.11 Å². The predicted molar refractivity (Wildman–Crippen MR) is 74.8 cm³/mol. The zero-order valence-corrected chi connectivity index (χ0v) is 12.2. The van der Waals surface area contributed by atoms with Crippen LogP contribution in [0.15, 0.2) is 28.7 Å². The number of aliphatic hydroxyl groups is 1. The molecule has 1 aromatic carbocycles. The Kier molecular flexibility index (Phi) is 4.26. The molecule has 2 heteroatoms. The highest BCUT2D eigenvalue weighted by atomic mass is 79.9. The van der Waals surface area contributed by atoms with Crippen LogP contribution in [-0.2, 0) is 0 Å². The van der Waals surface area contributed by atoms with Gasteiger partial charge in [0.15, 0.2) is 0 Å². The topological polar surface area (TPSA) is 20.2 Å². The molecule has 1 nitrogen and oxygen atoms in total. The summed E-state index contributed by atoms with van der Waals surface area (Å²) in [7, 11) is 0. The predicted octanol–water partition coefficient (Wildman–Crippen LogP) is 4.55. The number of hydrogen-bond acceptors (Lipinski definition) is 1. The van der Waals surface area contributed by atoms with E-state index in [1.165, 1.54) is 6.42 Å². The van der Waals surface area contributed by atoms with Crippen molar-refractivity contribution in [1.29, 1.82) is 0 Å². The van der Waals surface area contributed by atoms with Crippen molar-refractivity contribution in [3.8, 4) is 0 Å². The molecule has 17 heavy (non-hydrogen) atoms. The zero-order valence-electron chi connectivity index (χ0n) is 10.6. The second-order valence-electron chi connectivity index (χ2n) is 5.49. The van der Waals surface area contributed by atoms with Crippen molar-refractivity contribution in [1.82, 2.24) is 0 Å². The highest BCUT2D eigenvalue weighted by Crippen LogP contribution is 2.41. The van der Waals surface area contributed by atoms with E-state index in [2.05, 4.69) is 29.8 Å². The van der Waals surface area contributed by atoms with Crippen molar-refractivity contribution in [2.45, 2.75) is 39.2 Å². The Hall–Kier alpha value is -0.340. The first-order valence-corrected chi connectivity index (χ1v) is 7.31. The molecular formula is C15H21BrO. The van der Waals surface area contributed by atoms with Crippen LogP contribution in [-0.4, -0.2) is 5.11 Å². The molecule has 2 rings (SSSR count). The molecule has 0 aliphatic heterocycles. The Labute approximate surface area is 112 Å². The van der Waals surface area contributed by atoms with E-state index in [1.807, 2.05) is 24.3 Å². The molecule has 4 unspecified atom stereocenters. The first-order valence-electron chi connectivity index (χ1n) is 6.52. The van der Waals surface area contributed by atoms with Crippen LogP contribution >= 0.6 is 15.9 Å². The van der Waals surface area contributed by atoms with Gasteiger partial charge in [0.2, 0.25) is 0 Å². The van der Waals surface area contributed by atoms with E-state index in [1.54, 1.807) is 0 Å². The Morgan fingerprint density at radius 2 is 1.88 bits per heavy atom. The molecule has 0 heterocycles. The van der Waals surface area contributed by atoms with Crippen LogP contribution in [0.5, 0.6) is 0 Å². The Balaban J connectivity index is 2.10. The molecule has 94 valence electrons. The minimum Gasteiger partial charge on any atom is -0.388 e. The molecule has 0 aromatic heterocycles. The smallest absolute Gasteiger partial charge is 0.0829 e. The van der Waals surface area contributed by atoms with Gasteiger partial charge in [-0.15, -0.1) is 0 Å². The van der Waals surface area contributed by atoms with E-state index >= 15 is 0 Å². The fraction of sp³-hybridized carbons (Fsp3) is 0.600. The highest BCUT2D eigenvalue weighted by Gasteiger charge is 2.30. The molecule has 1 aliphatic rings. The molecule has 1 aliphatic carbocycles. The van der Waals surface area contributed by atoms with Crippen molar-refractivity contribution in [3.63, 3.8) is 0 Å². The van der Waals surface area contributed by atoms with Crippen LogP contribution in [0, 0.1) is 17.8 Å². The summed E-state index contributed by atoms with van der Waals surface area (Å²) in [6, 6.07) is 8.02. The highest BCUT2D eigenvalue weighted by molar-refractivity contribution is 9.10. The summed E-state index contributed by atoms with van der Waals surface area (Å²) in [5.41, 5.74) is 1.04. The third-order valence-corrected chi connectivity index (χ3v) is 5.03. The normalized spacial score (nSPS) is 31.2. The fourth-order valence-electron chi connectivity index (χ4n) is 2.84. The second kappa shape index (κ2) is 5.53. The van der Waals surface area contributed by atoms with Gasteiger partial charge in [-0.2, -0.15) is 0 Å². The molecule has 1 aromatic rings. The van der Waals surface area contributed by atoms with Gasteiger partial charge >= 0.3 is 0 Å². The zero-order chi connectivity index (χ0) is 12.4. The molecule has 0 amide bonds. The Bertz CT molecular complexity index is 377. The lowest BCUT2D eigenvalue weighted by Gasteiger charge is -2.35. The number of benzene rings is 1. The summed E-state index contributed by atoms with van der Waals surface area (Å²) in [5, 5.41) is 10.5. The lowest BCUT2D eigenvalue weighted by molar-refractivity contribution is 0.0556. The van der Waals surface area contributed by atoms with Crippen LogP contribution in [0.3, 0.4) is 0 Å². The van der Waals surface area contributed by atoms with Crippen molar-refractivity contribution in [2.24, 2.45) is 17.8 Å². The quantitative estimate of drug-likeness (QED) is 0.848. The molecule has 0 radical (unpaired) electrons. The van der Waals surface area contributed by atoms with Gasteiger partial charge in [0.1, 0.15) is 0 Å². The van der Waals surface area contributed by atoms with Crippen molar-refractivity contribution in [3.05, 3.63) is 34.3 Å². The molecular weight excluding hydrogens is 276 g/mol. The van der Waals surface area contributed by atoms with E-state index in [4.69, 9.17) is 0 Å². The third kappa shape index (κ3) is 2.92. The summed E-state index contributed by atoms with van der Waals surface area (Å²) >= 11 is 3.53. The van der Waals surface area contributed by atoms with Crippen LogP contribution in [0.1, 0.15) is 44.8 Å². The molecule has 0 spiro atoms. The molecule has 0 bridgehead atoms. The average molecular weight is 297 g/mol. The van der Waals surface area contributed by atoms with E-state index in [-0.39, 0.29) is 6.10 Å². The molecule has 1 saturated carbocycles. The van der Waals surface area contributed by atoms with Gasteiger partial charge in [-0.1, -0.05) is 54.4 Å². The number of aliphatic hydroxyl groups excluding tert-OH is 1. The van der Waals surface area contributed by atoms with Crippen molar-refractivity contribution < 1.29 is 5.11 Å². The minimum atomic E-state index is -0.319. The maximum absolute atomic E-state index is 10.5. The first-order chi connectivity index (χ1) is 8.09. The average Bonchev–Trinajstić information content (AvgIpc) is 2.32. The van der Waals surface area contributed by atoms with E-state index in [0.29, 0.717) is 5.92 Å². The third-order valence-electron chi connectivity index (χ3n) is 4.31. The van der Waals surface area contributed by atoms with Crippen LogP contribution in [0.4, 0.5) is 0 Å². The number of hydrogen-bond donors (Lipinski definition) is 1. The maximum atomic E-state index is 10.5. The van der Waals surface area contributed by atoms with Gasteiger partial charge in [-0.25, -0.2) is 0 Å². The molecule has 0 saturated heterocycles. The summed E-state index contributed by atoms with van der Waals surface area (Å²) < 4.78 is 1.03. The van der Waals surface area contributed by atoms with Crippen LogP contribution < -0.4 is 0 Å². The minimum absolute atomic E-state index is 0.319. The van der Waals surface area contributed by atoms with Gasteiger partial charge in [-0.05, 0) is 42.2 Å². The maximum Gasteiger partial charge on any atom is 0.0829 e. The van der Waals surface area contributed by atoms with Gasteiger partial charge in [0, 0.05) is 4.47 Å². The lowest BCUT2D eigenvalue weighted by Crippen LogP contribution is -2.25. The summed E-state index contributed by atoms with van der Waals surface area (Å²) in [4.78, 5) is 0. The van der Waals surface area contributed by atoms with Gasteiger partial charge in [-0.3, -0.25) is 0 Å². The monoisotopic (exact) mass is 296 g/mol. The Morgan fingerprint density at radius 1 is 1.18 bits per heavy atom. The largest absolute Gasteiger partial charge is 0.388 e. The molecule has 4 atom stereocenters. The van der Waals surface area contributed by atoms with Crippen LogP contribution in [0.25, 0.3) is 0 Å². The molecule has 1 fully saturated rings. The summed E-state index contributed by atoms with van der Waals surface area (Å²) in [6.45, 7) is 4.63. The van der Waals surface area contributed by atoms with Crippen LogP contribution in [0.2, 0.25) is 0 Å². The fourth-order valence-corrected chi connectivity index (χ4v) is 3.36. The second-order valence-corrected chi connectivity index (χ2v) is 6.35. The van der Waals surface area contributed by atoms with Gasteiger partial charge < -0.3 is 5.11 Å². The number of halogens is 1. The van der Waals surface area contributed by atoms with Gasteiger partial charge in [0.25, 0.3) is 0 Å². The lowest BCUT2D eigenvalue weighted by atomic mass is 9.73. The standard InChI is InChI=1S/C15H21BrO/c1-10-7-8-12(9-11(10)2)15(17)13-5-3-4-6-14(13)16/h3-6,10-12,15,17H,7-9H2,1-2H3. The summed E-state index contributed by atoms with van der Waals surface area (Å²) in [5.74, 6) is 1.95. The van der Waals surface area contributed by atoms with Crippen molar-refractivity contribution >= 4 is 15.9 Å². The van der Waals surface area contributed by atoms with E-state index < -0.39 is 0 Å². The molecule has 1 N–H and O–H groups in total.